The van der Waals surface area contributed by atoms with Crippen LogP contribution in [-0.2, 0) is 5.54 Å². The molecule has 0 amide bonds. The zero-order chi connectivity index (χ0) is 15.1. The fourth-order valence-corrected chi connectivity index (χ4v) is 1.59. The Balaban J connectivity index is 2.85. The lowest BCUT2D eigenvalue weighted by Gasteiger charge is -2.29. The van der Waals surface area contributed by atoms with Crippen LogP contribution in [0.25, 0.3) is 0 Å². The van der Waals surface area contributed by atoms with Crippen molar-refractivity contribution in [2.75, 3.05) is 0 Å². The van der Waals surface area contributed by atoms with Gasteiger partial charge in [-0.15, -0.1) is 0 Å². The topological polar surface area (TPSA) is 38.0 Å². The smallest absolute Gasteiger partial charge is 0.387 e. The normalized spacial score (nSPS) is 15.6. The predicted molar refractivity (Wildman–Crippen MR) is 66.6 cm³/mol. The van der Waals surface area contributed by atoms with E-state index in [2.05, 4.69) is 5.10 Å². The van der Waals surface area contributed by atoms with Crippen LogP contribution >= 0.6 is 0 Å². The second-order valence-electron chi connectivity index (χ2n) is 6.46. The van der Waals surface area contributed by atoms with Crippen LogP contribution in [0, 0.1) is 5.41 Å². The number of nitrogens with zero attached hydrogens (tertiary/aromatic N) is 2. The minimum atomic E-state index is -4.35. The van der Waals surface area contributed by atoms with Gasteiger partial charge < -0.3 is 5.11 Å². The van der Waals surface area contributed by atoms with Gasteiger partial charge in [0.05, 0.1) is 22.8 Å². The van der Waals surface area contributed by atoms with Gasteiger partial charge in [0.15, 0.2) is 0 Å². The molecule has 1 rings (SSSR count). The third-order valence-electron chi connectivity index (χ3n) is 3.11. The van der Waals surface area contributed by atoms with Crippen LogP contribution < -0.4 is 0 Å². The molecule has 0 spiro atoms. The van der Waals surface area contributed by atoms with E-state index in [0.717, 1.165) is 13.8 Å². The minimum absolute atomic E-state index is 0.266. The fraction of sp³-hybridized carbons (Fsp3) is 0.769. The summed E-state index contributed by atoms with van der Waals surface area (Å²) in [5.41, 5.74) is -1.94. The van der Waals surface area contributed by atoms with Crippen LogP contribution in [0.1, 0.15) is 52.8 Å². The standard InChI is InChI=1S/C13H21F3N2O/c1-11(2,3)18-7-6-9(17-18)10(19)8-12(4,5)13(14,15)16/h6-7,10,19H,8H2,1-5H3. The molecule has 1 N–H and O–H groups in total. The largest absolute Gasteiger partial charge is 0.394 e. The molecule has 3 nitrogen and oxygen atoms in total. The molecule has 1 atom stereocenters. The van der Waals surface area contributed by atoms with Crippen LogP contribution in [0.2, 0.25) is 0 Å². The second-order valence-corrected chi connectivity index (χ2v) is 6.46. The summed E-state index contributed by atoms with van der Waals surface area (Å²) in [6.07, 6.45) is -4.31. The van der Waals surface area contributed by atoms with Crippen LogP contribution in [0.3, 0.4) is 0 Å². The molecule has 1 unspecified atom stereocenters. The van der Waals surface area contributed by atoms with Crippen molar-refractivity contribution < 1.29 is 18.3 Å². The van der Waals surface area contributed by atoms with Crippen LogP contribution in [0.4, 0.5) is 13.2 Å². The van der Waals surface area contributed by atoms with Gasteiger partial charge in [0.1, 0.15) is 0 Å². The molecule has 0 radical (unpaired) electrons. The van der Waals surface area contributed by atoms with E-state index in [9.17, 15) is 18.3 Å². The van der Waals surface area contributed by atoms with Crippen molar-refractivity contribution in [3.63, 3.8) is 0 Å². The van der Waals surface area contributed by atoms with Gasteiger partial charge in [0, 0.05) is 6.20 Å². The van der Waals surface area contributed by atoms with Crippen LogP contribution in [0.5, 0.6) is 0 Å². The molecule has 19 heavy (non-hydrogen) atoms. The quantitative estimate of drug-likeness (QED) is 0.916. The predicted octanol–water partition coefficient (Wildman–Crippen LogP) is 3.65. The number of aliphatic hydroxyl groups is 1. The highest BCUT2D eigenvalue weighted by Crippen LogP contribution is 2.43. The van der Waals surface area contributed by atoms with E-state index in [4.69, 9.17) is 0 Å². The molecule has 6 heteroatoms. The lowest BCUT2D eigenvalue weighted by Crippen LogP contribution is -2.33. The minimum Gasteiger partial charge on any atom is -0.387 e. The number of rotatable bonds is 3. The molecule has 1 aromatic rings. The summed E-state index contributed by atoms with van der Waals surface area (Å²) in [5.74, 6) is 0. The Kier molecular flexibility index (Phi) is 4.06. The molecular weight excluding hydrogens is 257 g/mol. The molecule has 0 fully saturated rings. The van der Waals surface area contributed by atoms with E-state index >= 15 is 0 Å². The maximum atomic E-state index is 12.8. The summed E-state index contributed by atoms with van der Waals surface area (Å²) in [6, 6.07) is 1.56. The van der Waals surface area contributed by atoms with E-state index < -0.39 is 24.1 Å². The molecule has 0 aliphatic carbocycles. The van der Waals surface area contributed by atoms with Crippen molar-refractivity contribution in [3.05, 3.63) is 18.0 Å². The Morgan fingerprint density at radius 3 is 2.11 bits per heavy atom. The summed E-state index contributed by atoms with van der Waals surface area (Å²) >= 11 is 0. The van der Waals surface area contributed by atoms with E-state index in [-0.39, 0.29) is 11.2 Å². The maximum Gasteiger partial charge on any atom is 0.394 e. The van der Waals surface area contributed by atoms with Gasteiger partial charge in [0.2, 0.25) is 0 Å². The first-order chi connectivity index (χ1) is 8.34. The average molecular weight is 278 g/mol. The fourth-order valence-electron chi connectivity index (χ4n) is 1.59. The van der Waals surface area contributed by atoms with Crippen molar-refractivity contribution in [1.29, 1.82) is 0 Å². The molecule has 0 saturated carbocycles. The number of halogens is 3. The highest BCUT2D eigenvalue weighted by atomic mass is 19.4. The second kappa shape index (κ2) is 4.81. The van der Waals surface area contributed by atoms with Crippen LogP contribution in [0.15, 0.2) is 12.3 Å². The first-order valence-corrected chi connectivity index (χ1v) is 6.15. The lowest BCUT2D eigenvalue weighted by molar-refractivity contribution is -0.220. The van der Waals surface area contributed by atoms with E-state index in [1.54, 1.807) is 16.9 Å². The zero-order valence-corrected chi connectivity index (χ0v) is 11.9. The third-order valence-corrected chi connectivity index (χ3v) is 3.11. The van der Waals surface area contributed by atoms with Gasteiger partial charge in [-0.3, -0.25) is 4.68 Å². The molecule has 0 bridgehead atoms. The Labute approximate surface area is 111 Å². The summed E-state index contributed by atoms with van der Waals surface area (Å²) in [6.45, 7) is 7.94. The lowest BCUT2D eigenvalue weighted by atomic mass is 9.85. The van der Waals surface area contributed by atoms with Crippen LogP contribution in [-0.4, -0.2) is 21.1 Å². The van der Waals surface area contributed by atoms with Gasteiger partial charge in [0.25, 0.3) is 0 Å². The maximum absolute atomic E-state index is 12.8. The van der Waals surface area contributed by atoms with Crippen molar-refractivity contribution in [2.45, 2.75) is 58.9 Å². The molecule has 110 valence electrons. The highest BCUT2D eigenvalue weighted by molar-refractivity contribution is 5.05. The SMILES string of the molecule is CC(C)(C)n1ccc(C(O)CC(C)(C)C(F)(F)F)n1. The first kappa shape index (κ1) is 16.0. The number of aliphatic hydroxyl groups excluding tert-OH is 1. The molecule has 0 aliphatic rings. The summed E-state index contributed by atoms with van der Waals surface area (Å²) in [5, 5.41) is 14.1. The summed E-state index contributed by atoms with van der Waals surface area (Å²) < 4.78 is 39.9. The molecule has 0 saturated heterocycles. The number of hydrogen-bond donors (Lipinski definition) is 1. The monoisotopic (exact) mass is 278 g/mol. The Bertz CT molecular complexity index is 430. The first-order valence-electron chi connectivity index (χ1n) is 6.15. The van der Waals surface area contributed by atoms with Crippen molar-refractivity contribution in [1.82, 2.24) is 9.78 Å². The molecule has 0 aliphatic heterocycles. The average Bonchev–Trinajstić information content (AvgIpc) is 2.62. The molecule has 0 aromatic carbocycles. The molecule has 1 heterocycles. The van der Waals surface area contributed by atoms with E-state index in [0.29, 0.717) is 0 Å². The Morgan fingerprint density at radius 2 is 1.74 bits per heavy atom. The van der Waals surface area contributed by atoms with Crippen molar-refractivity contribution in [2.24, 2.45) is 5.41 Å². The Hall–Kier alpha value is -1.04. The van der Waals surface area contributed by atoms with Gasteiger partial charge >= 0.3 is 6.18 Å². The van der Waals surface area contributed by atoms with E-state index in [1.165, 1.54) is 0 Å². The zero-order valence-electron chi connectivity index (χ0n) is 11.9. The molecular formula is C13H21F3N2O. The highest BCUT2D eigenvalue weighted by Gasteiger charge is 2.48. The summed E-state index contributed by atoms with van der Waals surface area (Å²) in [7, 11) is 0. The van der Waals surface area contributed by atoms with Crippen molar-refractivity contribution in [3.8, 4) is 0 Å². The summed E-state index contributed by atoms with van der Waals surface area (Å²) in [4.78, 5) is 0. The molecule has 1 aromatic heterocycles. The van der Waals surface area contributed by atoms with Gasteiger partial charge in [-0.2, -0.15) is 18.3 Å². The van der Waals surface area contributed by atoms with Gasteiger partial charge in [-0.1, -0.05) is 13.8 Å². The van der Waals surface area contributed by atoms with Gasteiger partial charge in [-0.05, 0) is 33.3 Å². The number of aromatic nitrogens is 2. The van der Waals surface area contributed by atoms with Gasteiger partial charge in [-0.25, -0.2) is 0 Å². The Morgan fingerprint density at radius 1 is 1.21 bits per heavy atom. The van der Waals surface area contributed by atoms with Crippen molar-refractivity contribution >= 4 is 0 Å². The third kappa shape index (κ3) is 3.72. The van der Waals surface area contributed by atoms with E-state index in [1.807, 2.05) is 20.8 Å². The number of hydrogen-bond acceptors (Lipinski definition) is 2. The number of alkyl halides is 3.